The summed E-state index contributed by atoms with van der Waals surface area (Å²) in [7, 11) is 1.80. The maximum absolute atomic E-state index is 13.3. The molecule has 0 fully saturated rings. The van der Waals surface area contributed by atoms with Gasteiger partial charge in [0.05, 0.1) is 18.0 Å². The lowest BCUT2D eigenvalue weighted by Crippen LogP contribution is -2.36. The van der Waals surface area contributed by atoms with E-state index in [0.717, 1.165) is 16.9 Å². The highest BCUT2D eigenvalue weighted by atomic mass is 32.2. The summed E-state index contributed by atoms with van der Waals surface area (Å²) in [6, 6.07) is 15.8. The van der Waals surface area contributed by atoms with E-state index in [9.17, 15) is 13.2 Å². The van der Waals surface area contributed by atoms with Gasteiger partial charge in [0.25, 0.3) is 5.91 Å². The number of benzene rings is 2. The van der Waals surface area contributed by atoms with Gasteiger partial charge in [0, 0.05) is 35.6 Å². The number of para-hydroxylation sites is 1. The summed E-state index contributed by atoms with van der Waals surface area (Å²) in [6.07, 6.45) is 0.710. The molecule has 34 heavy (non-hydrogen) atoms. The smallest absolute Gasteiger partial charge is 0.251 e. The summed E-state index contributed by atoms with van der Waals surface area (Å²) in [5, 5.41) is 4.95. The van der Waals surface area contributed by atoms with Crippen LogP contribution in [-0.4, -0.2) is 57.8 Å². The monoisotopic (exact) mass is 499 g/mol. The highest BCUT2D eigenvalue weighted by molar-refractivity contribution is 7.89. The molecular weight excluding hydrogens is 470 g/mol. The minimum Gasteiger partial charge on any atom is -0.496 e. The zero-order valence-corrected chi connectivity index (χ0v) is 21.2. The second-order valence-electron chi connectivity index (χ2n) is 8.42. The largest absolute Gasteiger partial charge is 0.496 e. The molecule has 2 heterocycles. The Kier molecular flexibility index (Phi) is 7.37. The number of hydrogen-bond donors (Lipinski definition) is 1. The van der Waals surface area contributed by atoms with Crippen LogP contribution in [0.1, 0.15) is 32.4 Å². The topological polar surface area (TPSA) is 78.9 Å². The van der Waals surface area contributed by atoms with Gasteiger partial charge in [-0.2, -0.15) is 4.31 Å². The summed E-state index contributed by atoms with van der Waals surface area (Å²) in [6.45, 7) is 1.15. The van der Waals surface area contributed by atoms with Gasteiger partial charge in [-0.15, -0.1) is 11.3 Å². The number of fused-ring (bicyclic) bond motifs is 1. The first-order valence-corrected chi connectivity index (χ1v) is 13.4. The van der Waals surface area contributed by atoms with Gasteiger partial charge in [-0.1, -0.05) is 24.3 Å². The Morgan fingerprint density at radius 3 is 2.74 bits per heavy atom. The molecule has 180 valence electrons. The van der Waals surface area contributed by atoms with Crippen LogP contribution in [0, 0.1) is 0 Å². The molecule has 0 radical (unpaired) electrons. The van der Waals surface area contributed by atoms with Crippen LogP contribution in [-0.2, 0) is 23.0 Å². The number of carbonyl (C=O) groups is 1. The Labute approximate surface area is 205 Å². The van der Waals surface area contributed by atoms with Crippen molar-refractivity contribution in [3.8, 4) is 5.75 Å². The van der Waals surface area contributed by atoms with Gasteiger partial charge in [-0.3, -0.25) is 4.79 Å². The lowest BCUT2D eigenvalue weighted by atomic mass is 10.0. The average Bonchev–Trinajstić information content (AvgIpc) is 3.32. The Morgan fingerprint density at radius 2 is 1.97 bits per heavy atom. The first-order chi connectivity index (χ1) is 16.3. The number of rotatable bonds is 8. The fraction of sp³-hybridized carbons (Fsp3) is 0.320. The second kappa shape index (κ2) is 10.3. The maximum Gasteiger partial charge on any atom is 0.251 e. The zero-order valence-electron chi connectivity index (χ0n) is 19.5. The van der Waals surface area contributed by atoms with Crippen molar-refractivity contribution in [2.45, 2.75) is 23.9 Å². The molecule has 4 rings (SSSR count). The highest BCUT2D eigenvalue weighted by Crippen LogP contribution is 2.29. The number of nitrogens with one attached hydrogen (secondary N) is 1. The molecule has 1 N–H and O–H groups in total. The lowest BCUT2D eigenvalue weighted by molar-refractivity contribution is 0.0941. The van der Waals surface area contributed by atoms with Crippen molar-refractivity contribution >= 4 is 27.3 Å². The van der Waals surface area contributed by atoms with Crippen molar-refractivity contribution in [3.63, 3.8) is 0 Å². The van der Waals surface area contributed by atoms with Crippen molar-refractivity contribution in [2.75, 3.05) is 34.3 Å². The van der Waals surface area contributed by atoms with Crippen molar-refractivity contribution < 1.29 is 17.9 Å². The van der Waals surface area contributed by atoms with Gasteiger partial charge in [0.1, 0.15) is 5.75 Å². The summed E-state index contributed by atoms with van der Waals surface area (Å²) >= 11 is 1.66. The predicted octanol–water partition coefficient (Wildman–Crippen LogP) is 3.54. The third-order valence-electron chi connectivity index (χ3n) is 6.08. The number of amides is 1. The zero-order chi connectivity index (χ0) is 24.3. The Hall–Kier alpha value is -2.72. The third kappa shape index (κ3) is 5.02. The summed E-state index contributed by atoms with van der Waals surface area (Å²) in [5.41, 5.74) is 2.33. The molecule has 1 amide bonds. The number of likely N-dealkylation sites (N-methyl/N-ethyl adjacent to an activating group) is 1. The Bertz CT molecular complexity index is 1270. The number of ether oxygens (including phenoxy) is 1. The SMILES string of the molecule is COc1ccccc1C(CNC(=O)c1cccc(S(=O)(=O)N2CCc3sccc3C2)c1)N(C)C. The van der Waals surface area contributed by atoms with Gasteiger partial charge in [-0.05, 0) is 61.8 Å². The molecule has 9 heteroatoms. The molecule has 1 aromatic heterocycles. The predicted molar refractivity (Wildman–Crippen MR) is 134 cm³/mol. The number of methoxy groups -OCH3 is 1. The highest BCUT2D eigenvalue weighted by Gasteiger charge is 2.29. The normalized spacial score (nSPS) is 15.1. The Morgan fingerprint density at radius 1 is 1.18 bits per heavy atom. The van der Waals surface area contributed by atoms with E-state index in [1.807, 2.05) is 54.7 Å². The van der Waals surface area contributed by atoms with E-state index in [2.05, 4.69) is 5.32 Å². The minimum absolute atomic E-state index is 0.111. The van der Waals surface area contributed by atoms with Crippen LogP contribution in [0.5, 0.6) is 5.75 Å². The van der Waals surface area contributed by atoms with E-state index in [0.29, 0.717) is 31.6 Å². The van der Waals surface area contributed by atoms with Crippen LogP contribution in [0.15, 0.2) is 64.9 Å². The van der Waals surface area contributed by atoms with E-state index in [4.69, 9.17) is 4.74 Å². The fourth-order valence-corrected chi connectivity index (χ4v) is 6.53. The average molecular weight is 500 g/mol. The van der Waals surface area contributed by atoms with Crippen molar-refractivity contribution in [3.05, 3.63) is 81.5 Å². The molecule has 0 aliphatic carbocycles. The molecule has 1 atom stereocenters. The second-order valence-corrected chi connectivity index (χ2v) is 11.4. The first-order valence-electron chi connectivity index (χ1n) is 11.0. The van der Waals surface area contributed by atoms with E-state index >= 15 is 0 Å². The van der Waals surface area contributed by atoms with E-state index in [-0.39, 0.29) is 16.8 Å². The van der Waals surface area contributed by atoms with E-state index in [1.54, 1.807) is 36.6 Å². The molecule has 7 nitrogen and oxygen atoms in total. The fourth-order valence-electron chi connectivity index (χ4n) is 4.18. The van der Waals surface area contributed by atoms with Gasteiger partial charge < -0.3 is 15.0 Å². The molecule has 0 saturated carbocycles. The van der Waals surface area contributed by atoms with Crippen LogP contribution in [0.25, 0.3) is 0 Å². The van der Waals surface area contributed by atoms with Crippen molar-refractivity contribution in [2.24, 2.45) is 0 Å². The number of carbonyl (C=O) groups excluding carboxylic acids is 1. The van der Waals surface area contributed by atoms with Crippen LogP contribution in [0.2, 0.25) is 0 Å². The molecule has 1 aliphatic rings. The molecule has 2 aromatic carbocycles. The van der Waals surface area contributed by atoms with Crippen LogP contribution in [0.4, 0.5) is 0 Å². The molecule has 3 aromatic rings. The number of hydrogen-bond acceptors (Lipinski definition) is 6. The minimum atomic E-state index is -3.70. The maximum atomic E-state index is 13.3. The molecule has 0 spiro atoms. The van der Waals surface area contributed by atoms with Gasteiger partial charge in [0.15, 0.2) is 0 Å². The Balaban J connectivity index is 1.49. The van der Waals surface area contributed by atoms with Gasteiger partial charge >= 0.3 is 0 Å². The first kappa shape index (κ1) is 24.4. The van der Waals surface area contributed by atoms with Gasteiger partial charge in [0.2, 0.25) is 10.0 Å². The quantitative estimate of drug-likeness (QED) is 0.513. The van der Waals surface area contributed by atoms with Crippen LogP contribution < -0.4 is 10.1 Å². The number of nitrogens with zero attached hydrogens (tertiary/aromatic N) is 2. The third-order valence-corrected chi connectivity index (χ3v) is 8.95. The van der Waals surface area contributed by atoms with Gasteiger partial charge in [-0.25, -0.2) is 8.42 Å². The van der Waals surface area contributed by atoms with E-state index < -0.39 is 10.0 Å². The standard InChI is InChI=1S/C25H29N3O4S2/c1-27(2)22(21-9-4-5-10-23(21)32-3)16-26-25(29)18-7-6-8-20(15-18)34(30,31)28-13-11-24-19(17-28)12-14-33-24/h4-10,12,14-15,22H,11,13,16-17H2,1-3H3,(H,26,29). The molecule has 0 saturated heterocycles. The summed E-state index contributed by atoms with van der Waals surface area (Å²) in [4.78, 5) is 16.4. The van der Waals surface area contributed by atoms with Crippen molar-refractivity contribution in [1.82, 2.24) is 14.5 Å². The number of sulfonamides is 1. The molecule has 1 unspecified atom stereocenters. The summed E-state index contributed by atoms with van der Waals surface area (Å²) < 4.78 is 33.5. The van der Waals surface area contributed by atoms with Crippen molar-refractivity contribution in [1.29, 1.82) is 0 Å². The molecule has 0 bridgehead atoms. The summed E-state index contributed by atoms with van der Waals surface area (Å²) in [5.74, 6) is 0.427. The molecule has 1 aliphatic heterocycles. The van der Waals surface area contributed by atoms with Crippen LogP contribution in [0.3, 0.4) is 0 Å². The molecular formula is C25H29N3O4S2. The van der Waals surface area contributed by atoms with Crippen LogP contribution >= 0.6 is 11.3 Å². The number of thiophene rings is 1. The lowest BCUT2D eigenvalue weighted by Gasteiger charge is -2.27. The van der Waals surface area contributed by atoms with E-state index in [1.165, 1.54) is 15.2 Å².